The lowest BCUT2D eigenvalue weighted by Gasteiger charge is -2.06. The molecule has 5 nitrogen and oxygen atoms in total. The molecule has 2 N–H and O–H groups in total. The van der Waals surface area contributed by atoms with Crippen molar-refractivity contribution >= 4 is 5.91 Å². The first-order chi connectivity index (χ1) is 6.66. The van der Waals surface area contributed by atoms with Crippen LogP contribution in [0.25, 0.3) is 0 Å². The summed E-state index contributed by atoms with van der Waals surface area (Å²) in [6, 6.07) is 0. The molecule has 1 aromatic heterocycles. The molecule has 5 heteroatoms. The van der Waals surface area contributed by atoms with Gasteiger partial charge in [-0.25, -0.2) is 0 Å². The fourth-order valence-electron chi connectivity index (χ4n) is 1.49. The zero-order chi connectivity index (χ0) is 10.1. The first kappa shape index (κ1) is 9.18. The van der Waals surface area contributed by atoms with E-state index in [0.717, 1.165) is 6.42 Å². The van der Waals surface area contributed by atoms with Gasteiger partial charge in [0, 0.05) is 6.92 Å². The SMILES string of the molecule is Cc1nc([C@H](CC2CC2)C(N)=O)no1. The molecule has 0 aliphatic heterocycles. The average molecular weight is 195 g/mol. The molecule has 1 fully saturated rings. The van der Waals surface area contributed by atoms with Crippen molar-refractivity contribution in [3.63, 3.8) is 0 Å². The van der Waals surface area contributed by atoms with Crippen LogP contribution in [0.5, 0.6) is 0 Å². The second kappa shape index (κ2) is 3.40. The molecule has 2 rings (SSSR count). The molecule has 1 atom stereocenters. The van der Waals surface area contributed by atoms with Crippen LogP contribution < -0.4 is 5.73 Å². The summed E-state index contributed by atoms with van der Waals surface area (Å²) in [4.78, 5) is 15.2. The van der Waals surface area contributed by atoms with Gasteiger partial charge in [0.05, 0.1) is 0 Å². The van der Waals surface area contributed by atoms with E-state index in [0.29, 0.717) is 17.6 Å². The summed E-state index contributed by atoms with van der Waals surface area (Å²) >= 11 is 0. The Hall–Kier alpha value is -1.39. The quantitative estimate of drug-likeness (QED) is 0.768. The van der Waals surface area contributed by atoms with Crippen LogP contribution in [0.15, 0.2) is 4.52 Å². The topological polar surface area (TPSA) is 82.0 Å². The van der Waals surface area contributed by atoms with Crippen molar-refractivity contribution in [2.75, 3.05) is 0 Å². The smallest absolute Gasteiger partial charge is 0.228 e. The highest BCUT2D eigenvalue weighted by atomic mass is 16.5. The number of amides is 1. The number of nitrogens with two attached hydrogens (primary N) is 1. The van der Waals surface area contributed by atoms with E-state index in [9.17, 15) is 4.79 Å². The van der Waals surface area contributed by atoms with Crippen LogP contribution in [-0.2, 0) is 4.79 Å². The summed E-state index contributed by atoms with van der Waals surface area (Å²) in [6.07, 6.45) is 3.12. The standard InChI is InChI=1S/C9H13N3O2/c1-5-11-9(12-14-5)7(8(10)13)4-6-2-3-6/h6-7H,2-4H2,1H3,(H2,10,13)/t7-/m1/s1. The number of nitrogens with zero attached hydrogens (tertiary/aromatic N) is 2. The summed E-state index contributed by atoms with van der Waals surface area (Å²) in [5.74, 6) is 0.785. The minimum Gasteiger partial charge on any atom is -0.369 e. The minimum atomic E-state index is -0.375. The van der Waals surface area contributed by atoms with Crippen molar-refractivity contribution in [3.05, 3.63) is 11.7 Å². The monoisotopic (exact) mass is 195 g/mol. The molecule has 14 heavy (non-hydrogen) atoms. The second-order valence-electron chi connectivity index (χ2n) is 3.81. The predicted molar refractivity (Wildman–Crippen MR) is 48.3 cm³/mol. The molecular formula is C9H13N3O2. The molecule has 0 saturated heterocycles. The molecule has 1 amide bonds. The van der Waals surface area contributed by atoms with Gasteiger partial charge in [0.15, 0.2) is 5.82 Å². The number of carbonyl (C=O) groups is 1. The molecule has 1 aromatic rings. The third kappa shape index (κ3) is 1.92. The van der Waals surface area contributed by atoms with E-state index in [1.54, 1.807) is 6.92 Å². The highest BCUT2D eigenvalue weighted by Crippen LogP contribution is 2.37. The van der Waals surface area contributed by atoms with Gasteiger partial charge in [-0.1, -0.05) is 18.0 Å². The lowest BCUT2D eigenvalue weighted by Crippen LogP contribution is -2.23. The van der Waals surface area contributed by atoms with Gasteiger partial charge in [0.1, 0.15) is 5.92 Å². The van der Waals surface area contributed by atoms with E-state index in [2.05, 4.69) is 10.1 Å². The summed E-state index contributed by atoms with van der Waals surface area (Å²) < 4.78 is 4.83. The molecule has 1 aliphatic rings. The van der Waals surface area contributed by atoms with Gasteiger partial charge in [0.2, 0.25) is 11.8 Å². The Morgan fingerprint density at radius 2 is 2.43 bits per heavy atom. The zero-order valence-electron chi connectivity index (χ0n) is 8.06. The molecule has 1 saturated carbocycles. The van der Waals surface area contributed by atoms with Gasteiger partial charge in [-0.2, -0.15) is 4.98 Å². The van der Waals surface area contributed by atoms with E-state index >= 15 is 0 Å². The van der Waals surface area contributed by atoms with Crippen molar-refractivity contribution < 1.29 is 9.32 Å². The highest BCUT2D eigenvalue weighted by molar-refractivity contribution is 5.80. The predicted octanol–water partition coefficient (Wildman–Crippen LogP) is 0.747. The maximum Gasteiger partial charge on any atom is 0.228 e. The summed E-state index contributed by atoms with van der Waals surface area (Å²) in [7, 11) is 0. The zero-order valence-corrected chi connectivity index (χ0v) is 8.06. The lowest BCUT2D eigenvalue weighted by molar-refractivity contribution is -0.119. The molecule has 0 spiro atoms. The van der Waals surface area contributed by atoms with E-state index in [4.69, 9.17) is 10.3 Å². The van der Waals surface area contributed by atoms with Gasteiger partial charge >= 0.3 is 0 Å². The van der Waals surface area contributed by atoms with Gasteiger partial charge in [-0.05, 0) is 12.3 Å². The van der Waals surface area contributed by atoms with E-state index < -0.39 is 0 Å². The Morgan fingerprint density at radius 3 is 2.86 bits per heavy atom. The number of hydrogen-bond donors (Lipinski definition) is 1. The van der Waals surface area contributed by atoms with Gasteiger partial charge in [-0.3, -0.25) is 4.79 Å². The fourth-order valence-corrected chi connectivity index (χ4v) is 1.49. The van der Waals surface area contributed by atoms with Crippen LogP contribution >= 0.6 is 0 Å². The van der Waals surface area contributed by atoms with Gasteiger partial charge < -0.3 is 10.3 Å². The Morgan fingerprint density at radius 1 is 1.71 bits per heavy atom. The van der Waals surface area contributed by atoms with Crippen molar-refractivity contribution in [3.8, 4) is 0 Å². The Bertz CT molecular complexity index is 344. The molecule has 0 unspecified atom stereocenters. The lowest BCUT2D eigenvalue weighted by atomic mass is 10.0. The summed E-state index contributed by atoms with van der Waals surface area (Å²) in [6.45, 7) is 1.70. The third-order valence-corrected chi connectivity index (χ3v) is 2.46. The van der Waals surface area contributed by atoms with Crippen molar-refractivity contribution in [1.82, 2.24) is 10.1 Å². The van der Waals surface area contributed by atoms with Crippen LogP contribution in [0.2, 0.25) is 0 Å². The third-order valence-electron chi connectivity index (χ3n) is 2.46. The molecule has 1 heterocycles. The first-order valence-corrected chi connectivity index (χ1v) is 4.76. The Kier molecular flexibility index (Phi) is 2.23. The maximum absolute atomic E-state index is 11.2. The maximum atomic E-state index is 11.2. The van der Waals surface area contributed by atoms with E-state index in [-0.39, 0.29) is 11.8 Å². The number of hydrogen-bond acceptors (Lipinski definition) is 4. The molecule has 0 aromatic carbocycles. The molecule has 0 radical (unpaired) electrons. The van der Waals surface area contributed by atoms with E-state index in [1.807, 2.05) is 0 Å². The van der Waals surface area contributed by atoms with Crippen LogP contribution in [0.1, 0.15) is 36.9 Å². The van der Waals surface area contributed by atoms with Crippen molar-refractivity contribution in [2.45, 2.75) is 32.1 Å². The summed E-state index contributed by atoms with van der Waals surface area (Å²) in [5.41, 5.74) is 5.29. The Labute approximate surface area is 81.7 Å². The molecule has 1 aliphatic carbocycles. The minimum absolute atomic E-state index is 0.363. The number of aromatic nitrogens is 2. The number of primary amides is 1. The van der Waals surface area contributed by atoms with Crippen molar-refractivity contribution in [1.29, 1.82) is 0 Å². The van der Waals surface area contributed by atoms with Crippen molar-refractivity contribution in [2.24, 2.45) is 11.7 Å². The van der Waals surface area contributed by atoms with Crippen LogP contribution in [0.4, 0.5) is 0 Å². The first-order valence-electron chi connectivity index (χ1n) is 4.76. The summed E-state index contributed by atoms with van der Waals surface area (Å²) in [5, 5.41) is 3.73. The number of rotatable bonds is 4. The number of carbonyl (C=O) groups excluding carboxylic acids is 1. The van der Waals surface area contributed by atoms with E-state index in [1.165, 1.54) is 12.8 Å². The van der Waals surface area contributed by atoms with Gasteiger partial charge in [-0.15, -0.1) is 0 Å². The van der Waals surface area contributed by atoms with Gasteiger partial charge in [0.25, 0.3) is 0 Å². The fraction of sp³-hybridized carbons (Fsp3) is 0.667. The molecular weight excluding hydrogens is 182 g/mol. The molecule has 0 bridgehead atoms. The Balaban J connectivity index is 2.12. The molecule has 76 valence electrons. The highest BCUT2D eigenvalue weighted by Gasteiger charge is 2.31. The second-order valence-corrected chi connectivity index (χ2v) is 3.81. The largest absolute Gasteiger partial charge is 0.369 e. The van der Waals surface area contributed by atoms with Crippen LogP contribution in [0.3, 0.4) is 0 Å². The normalized spacial score (nSPS) is 18.1. The average Bonchev–Trinajstić information content (AvgIpc) is 2.84. The van der Waals surface area contributed by atoms with Crippen LogP contribution in [-0.4, -0.2) is 16.0 Å². The van der Waals surface area contributed by atoms with Crippen LogP contribution in [0, 0.1) is 12.8 Å². The number of aryl methyl sites for hydroxylation is 1.